The highest BCUT2D eigenvalue weighted by Crippen LogP contribution is 2.25. The normalized spacial score (nSPS) is 10.6. The Bertz CT molecular complexity index is 990. The highest BCUT2D eigenvalue weighted by molar-refractivity contribution is 6.35. The summed E-state index contributed by atoms with van der Waals surface area (Å²) in [5.41, 5.74) is 1.59. The smallest absolute Gasteiger partial charge is 0.337 e. The summed E-state index contributed by atoms with van der Waals surface area (Å²) < 4.78 is 4.67. The van der Waals surface area contributed by atoms with Gasteiger partial charge in [-0.3, -0.25) is 4.79 Å². The minimum Gasteiger partial charge on any atom is -0.465 e. The van der Waals surface area contributed by atoms with E-state index in [1.54, 1.807) is 24.3 Å². The standard InChI is InChI=1S/C16H12Cl2N4O4/c1-25-16(24)9-2-5-12-14(6-9)22(21-20-12)26-8-15(23)19-13-7-10(17)3-4-11(13)18/h2-7H,8H2,1H3,(H,19,23). The van der Waals surface area contributed by atoms with E-state index in [9.17, 15) is 9.59 Å². The summed E-state index contributed by atoms with van der Waals surface area (Å²) in [5.74, 6) is -0.977. The molecule has 0 bridgehead atoms. The second-order valence-electron chi connectivity index (χ2n) is 5.10. The van der Waals surface area contributed by atoms with Crippen LogP contribution in [0, 0.1) is 0 Å². The molecule has 3 rings (SSSR count). The Morgan fingerprint density at radius 3 is 2.77 bits per heavy atom. The summed E-state index contributed by atoms with van der Waals surface area (Å²) in [6.07, 6.45) is 0. The van der Waals surface area contributed by atoms with Crippen LogP contribution in [0.4, 0.5) is 5.69 Å². The summed E-state index contributed by atoms with van der Waals surface area (Å²) in [7, 11) is 1.28. The first-order valence-corrected chi connectivity index (χ1v) is 8.05. The number of aromatic nitrogens is 3. The van der Waals surface area contributed by atoms with Crippen LogP contribution in [0.5, 0.6) is 0 Å². The van der Waals surface area contributed by atoms with Crippen molar-refractivity contribution in [2.45, 2.75) is 0 Å². The van der Waals surface area contributed by atoms with E-state index in [1.807, 2.05) is 0 Å². The molecule has 0 aliphatic rings. The lowest BCUT2D eigenvalue weighted by atomic mass is 10.2. The third-order valence-corrected chi connectivity index (χ3v) is 3.92. The summed E-state index contributed by atoms with van der Waals surface area (Å²) in [5, 5.41) is 11.1. The van der Waals surface area contributed by atoms with Crippen LogP contribution in [-0.4, -0.2) is 40.8 Å². The van der Waals surface area contributed by atoms with Gasteiger partial charge in [0.25, 0.3) is 5.91 Å². The van der Waals surface area contributed by atoms with E-state index in [-0.39, 0.29) is 6.61 Å². The molecule has 0 aliphatic carbocycles. The van der Waals surface area contributed by atoms with Crippen molar-refractivity contribution < 1.29 is 19.2 Å². The van der Waals surface area contributed by atoms with Crippen LogP contribution in [0.15, 0.2) is 36.4 Å². The second-order valence-corrected chi connectivity index (χ2v) is 5.95. The van der Waals surface area contributed by atoms with Crippen LogP contribution in [0.1, 0.15) is 10.4 Å². The van der Waals surface area contributed by atoms with Crippen LogP contribution < -0.4 is 10.2 Å². The van der Waals surface area contributed by atoms with Gasteiger partial charge >= 0.3 is 5.97 Å². The molecule has 0 radical (unpaired) electrons. The van der Waals surface area contributed by atoms with Gasteiger partial charge in [0.15, 0.2) is 6.61 Å². The van der Waals surface area contributed by atoms with E-state index in [2.05, 4.69) is 20.4 Å². The molecule has 1 heterocycles. The lowest BCUT2D eigenvalue weighted by Crippen LogP contribution is -2.26. The fourth-order valence-electron chi connectivity index (χ4n) is 2.14. The molecule has 2 aromatic carbocycles. The van der Waals surface area contributed by atoms with Crippen LogP contribution in [0.3, 0.4) is 0 Å². The van der Waals surface area contributed by atoms with Gasteiger partial charge in [-0.25, -0.2) is 4.79 Å². The number of nitrogens with one attached hydrogen (secondary N) is 1. The lowest BCUT2D eigenvalue weighted by Gasteiger charge is -2.09. The number of nitrogens with zero attached hydrogens (tertiary/aromatic N) is 3. The van der Waals surface area contributed by atoms with E-state index >= 15 is 0 Å². The van der Waals surface area contributed by atoms with Gasteiger partial charge in [0.05, 0.1) is 23.4 Å². The molecule has 1 aromatic heterocycles. The Morgan fingerprint density at radius 1 is 1.19 bits per heavy atom. The molecule has 0 aliphatic heterocycles. The Hall–Kier alpha value is -2.84. The summed E-state index contributed by atoms with van der Waals surface area (Å²) in [6.45, 7) is -0.357. The molecule has 0 spiro atoms. The Labute approximate surface area is 157 Å². The third kappa shape index (κ3) is 3.87. The molecule has 3 aromatic rings. The topological polar surface area (TPSA) is 95.3 Å². The zero-order valence-electron chi connectivity index (χ0n) is 13.4. The maximum atomic E-state index is 12.1. The average molecular weight is 395 g/mol. The SMILES string of the molecule is COC(=O)c1ccc2nnn(OCC(=O)Nc3cc(Cl)ccc3Cl)c2c1. The van der Waals surface area contributed by atoms with Crippen molar-refractivity contribution in [3.05, 3.63) is 52.0 Å². The molecule has 1 amide bonds. The molecule has 0 atom stereocenters. The molecule has 0 fully saturated rings. The molecule has 8 nitrogen and oxygen atoms in total. The number of hydrogen-bond donors (Lipinski definition) is 1. The van der Waals surface area contributed by atoms with Crippen molar-refractivity contribution in [1.29, 1.82) is 0 Å². The first-order chi connectivity index (χ1) is 12.5. The van der Waals surface area contributed by atoms with Gasteiger partial charge in [0.1, 0.15) is 11.0 Å². The number of hydrogen-bond acceptors (Lipinski definition) is 6. The van der Waals surface area contributed by atoms with Crippen LogP contribution in [0.2, 0.25) is 10.0 Å². The lowest BCUT2D eigenvalue weighted by molar-refractivity contribution is -0.121. The van der Waals surface area contributed by atoms with E-state index < -0.39 is 11.9 Å². The molecule has 26 heavy (non-hydrogen) atoms. The Kier molecular flexibility index (Phi) is 5.24. The van der Waals surface area contributed by atoms with Crippen molar-refractivity contribution in [2.75, 3.05) is 19.0 Å². The highest BCUT2D eigenvalue weighted by atomic mass is 35.5. The minimum atomic E-state index is -0.506. The Morgan fingerprint density at radius 2 is 2.00 bits per heavy atom. The number of esters is 1. The number of carbonyl (C=O) groups is 2. The Balaban J connectivity index is 1.72. The molecule has 10 heteroatoms. The number of benzene rings is 2. The zero-order valence-corrected chi connectivity index (χ0v) is 14.9. The zero-order chi connectivity index (χ0) is 18.7. The van der Waals surface area contributed by atoms with Crippen molar-refractivity contribution in [2.24, 2.45) is 0 Å². The monoisotopic (exact) mass is 394 g/mol. The van der Waals surface area contributed by atoms with Crippen LogP contribution in [0.25, 0.3) is 11.0 Å². The molecular weight excluding hydrogens is 383 g/mol. The molecular formula is C16H12Cl2N4O4. The van der Waals surface area contributed by atoms with E-state index in [4.69, 9.17) is 28.0 Å². The fourth-order valence-corrected chi connectivity index (χ4v) is 2.47. The van der Waals surface area contributed by atoms with Gasteiger partial charge in [-0.2, -0.15) is 0 Å². The molecule has 0 saturated carbocycles. The molecule has 0 unspecified atom stereocenters. The van der Waals surface area contributed by atoms with Gasteiger partial charge in [0.2, 0.25) is 0 Å². The van der Waals surface area contributed by atoms with E-state index in [0.717, 1.165) is 4.85 Å². The maximum Gasteiger partial charge on any atom is 0.337 e. The predicted octanol–water partition coefficient (Wildman–Crippen LogP) is 2.59. The largest absolute Gasteiger partial charge is 0.465 e. The van der Waals surface area contributed by atoms with Crippen molar-refractivity contribution in [3.63, 3.8) is 0 Å². The number of methoxy groups -OCH3 is 1. The first kappa shape index (κ1) is 18.0. The molecule has 0 saturated heterocycles. The van der Waals surface area contributed by atoms with Crippen LogP contribution >= 0.6 is 23.2 Å². The number of fused-ring (bicyclic) bond motifs is 1. The van der Waals surface area contributed by atoms with Gasteiger partial charge < -0.3 is 14.9 Å². The van der Waals surface area contributed by atoms with Crippen LogP contribution in [-0.2, 0) is 9.53 Å². The highest BCUT2D eigenvalue weighted by Gasteiger charge is 2.13. The third-order valence-electron chi connectivity index (χ3n) is 3.36. The number of amides is 1. The predicted molar refractivity (Wildman–Crippen MR) is 95.4 cm³/mol. The van der Waals surface area contributed by atoms with E-state index in [1.165, 1.54) is 19.2 Å². The first-order valence-electron chi connectivity index (χ1n) is 7.30. The minimum absolute atomic E-state index is 0.308. The number of halogens is 2. The summed E-state index contributed by atoms with van der Waals surface area (Å²) in [6, 6.07) is 9.36. The maximum absolute atomic E-state index is 12.1. The van der Waals surface area contributed by atoms with Gasteiger partial charge in [-0.05, 0) is 41.6 Å². The van der Waals surface area contributed by atoms with Gasteiger partial charge in [-0.1, -0.05) is 28.0 Å². The number of rotatable bonds is 5. The van der Waals surface area contributed by atoms with Crippen molar-refractivity contribution in [3.8, 4) is 0 Å². The number of anilines is 1. The fraction of sp³-hybridized carbons (Fsp3) is 0.125. The summed E-state index contributed by atoms with van der Waals surface area (Å²) in [4.78, 5) is 30.1. The van der Waals surface area contributed by atoms with Gasteiger partial charge in [0, 0.05) is 5.02 Å². The number of carbonyl (C=O) groups excluding carboxylic acids is 2. The van der Waals surface area contributed by atoms with E-state index in [0.29, 0.717) is 32.3 Å². The van der Waals surface area contributed by atoms with Gasteiger partial charge in [-0.15, -0.1) is 5.10 Å². The number of ether oxygens (including phenoxy) is 1. The quantitative estimate of drug-likeness (QED) is 0.668. The summed E-state index contributed by atoms with van der Waals surface area (Å²) >= 11 is 11.9. The van der Waals surface area contributed by atoms with Crippen molar-refractivity contribution >= 4 is 51.8 Å². The molecule has 134 valence electrons. The second kappa shape index (κ2) is 7.59. The molecule has 1 N–H and O–H groups in total. The van der Waals surface area contributed by atoms with Crippen molar-refractivity contribution in [1.82, 2.24) is 15.2 Å². The average Bonchev–Trinajstić information content (AvgIpc) is 3.04.